The van der Waals surface area contributed by atoms with Gasteiger partial charge in [-0.3, -0.25) is 0 Å². The van der Waals surface area contributed by atoms with E-state index in [1.54, 1.807) is 7.11 Å². The van der Waals surface area contributed by atoms with E-state index in [9.17, 15) is 0 Å². The Hall–Kier alpha value is -0.770. The molecule has 0 radical (unpaired) electrons. The highest BCUT2D eigenvalue weighted by Crippen LogP contribution is 2.30. The standard InChI is InChI=1S/C16H25ClN2O/c1-3-9-18-12-14-15(17)5-4-6-16(14)19-10-7-13(20-2)8-11-19/h4-6,13,18H,3,7-12H2,1-2H3. The molecule has 1 aromatic rings. The first-order chi connectivity index (χ1) is 9.76. The molecule has 0 aromatic heterocycles. The summed E-state index contributed by atoms with van der Waals surface area (Å²) in [5.41, 5.74) is 2.49. The van der Waals surface area contributed by atoms with Crippen LogP contribution in [0.25, 0.3) is 0 Å². The Morgan fingerprint density at radius 2 is 2.10 bits per heavy atom. The van der Waals surface area contributed by atoms with Crippen molar-refractivity contribution in [2.75, 3.05) is 31.6 Å². The molecule has 1 heterocycles. The summed E-state index contributed by atoms with van der Waals surface area (Å²) in [6.45, 7) is 6.12. The number of hydrogen-bond donors (Lipinski definition) is 1. The molecule has 1 aromatic carbocycles. The molecule has 1 fully saturated rings. The van der Waals surface area contributed by atoms with Crippen LogP contribution in [0.5, 0.6) is 0 Å². The van der Waals surface area contributed by atoms with Crippen LogP contribution >= 0.6 is 11.6 Å². The summed E-state index contributed by atoms with van der Waals surface area (Å²) in [6.07, 6.45) is 3.72. The highest BCUT2D eigenvalue weighted by molar-refractivity contribution is 6.31. The van der Waals surface area contributed by atoms with E-state index in [0.717, 1.165) is 50.5 Å². The van der Waals surface area contributed by atoms with E-state index in [4.69, 9.17) is 16.3 Å². The molecular formula is C16H25ClN2O. The Bertz CT molecular complexity index is 417. The Labute approximate surface area is 127 Å². The molecule has 3 nitrogen and oxygen atoms in total. The van der Waals surface area contributed by atoms with E-state index >= 15 is 0 Å². The second-order valence-electron chi connectivity index (χ2n) is 5.34. The van der Waals surface area contributed by atoms with Gasteiger partial charge in [-0.2, -0.15) is 0 Å². The third-order valence-electron chi connectivity index (χ3n) is 3.94. The molecule has 0 atom stereocenters. The first-order valence-electron chi connectivity index (χ1n) is 7.52. The molecule has 0 spiro atoms. The average Bonchev–Trinajstić information content (AvgIpc) is 2.49. The van der Waals surface area contributed by atoms with Gasteiger partial charge in [0, 0.05) is 43.0 Å². The van der Waals surface area contributed by atoms with Crippen LogP contribution in [-0.4, -0.2) is 32.8 Å². The summed E-state index contributed by atoms with van der Waals surface area (Å²) in [4.78, 5) is 2.43. The number of nitrogens with one attached hydrogen (secondary N) is 1. The Morgan fingerprint density at radius 3 is 2.75 bits per heavy atom. The fraction of sp³-hybridized carbons (Fsp3) is 0.625. The van der Waals surface area contributed by atoms with Crippen LogP contribution < -0.4 is 10.2 Å². The molecule has 1 N–H and O–H groups in total. The summed E-state index contributed by atoms with van der Waals surface area (Å²) in [5, 5.41) is 4.32. The van der Waals surface area contributed by atoms with E-state index in [1.165, 1.54) is 11.3 Å². The van der Waals surface area contributed by atoms with Crippen molar-refractivity contribution >= 4 is 17.3 Å². The van der Waals surface area contributed by atoms with E-state index in [-0.39, 0.29) is 0 Å². The van der Waals surface area contributed by atoms with E-state index < -0.39 is 0 Å². The molecule has 0 aliphatic carbocycles. The van der Waals surface area contributed by atoms with Gasteiger partial charge in [-0.15, -0.1) is 0 Å². The number of rotatable bonds is 6. The summed E-state index contributed by atoms with van der Waals surface area (Å²) >= 11 is 6.39. The zero-order chi connectivity index (χ0) is 14.4. The maximum atomic E-state index is 6.39. The summed E-state index contributed by atoms with van der Waals surface area (Å²) < 4.78 is 5.44. The van der Waals surface area contributed by atoms with Gasteiger partial charge in [0.1, 0.15) is 0 Å². The number of benzene rings is 1. The Balaban J connectivity index is 2.08. The van der Waals surface area contributed by atoms with Crippen molar-refractivity contribution in [1.82, 2.24) is 5.32 Å². The van der Waals surface area contributed by atoms with Gasteiger partial charge in [0.25, 0.3) is 0 Å². The predicted octanol–water partition coefficient (Wildman–Crippen LogP) is 3.45. The SMILES string of the molecule is CCCNCc1c(Cl)cccc1N1CCC(OC)CC1. The Kier molecular flexibility index (Phi) is 6.14. The molecule has 112 valence electrons. The molecule has 20 heavy (non-hydrogen) atoms. The lowest BCUT2D eigenvalue weighted by atomic mass is 10.0. The van der Waals surface area contributed by atoms with Gasteiger partial charge in [0.05, 0.1) is 6.10 Å². The van der Waals surface area contributed by atoms with Gasteiger partial charge < -0.3 is 15.0 Å². The summed E-state index contributed by atoms with van der Waals surface area (Å²) in [5.74, 6) is 0. The minimum atomic E-state index is 0.409. The quantitative estimate of drug-likeness (QED) is 0.814. The van der Waals surface area contributed by atoms with Crippen LogP contribution in [0, 0.1) is 0 Å². The van der Waals surface area contributed by atoms with E-state index in [0.29, 0.717) is 6.10 Å². The monoisotopic (exact) mass is 296 g/mol. The van der Waals surface area contributed by atoms with Crippen molar-refractivity contribution in [3.05, 3.63) is 28.8 Å². The smallest absolute Gasteiger partial charge is 0.0605 e. The molecule has 0 unspecified atom stereocenters. The number of anilines is 1. The number of piperidine rings is 1. The van der Waals surface area contributed by atoms with Crippen LogP contribution in [0.3, 0.4) is 0 Å². The van der Waals surface area contributed by atoms with Crippen LogP contribution in [0.4, 0.5) is 5.69 Å². The second kappa shape index (κ2) is 7.87. The molecule has 4 heteroatoms. The predicted molar refractivity (Wildman–Crippen MR) is 85.7 cm³/mol. The van der Waals surface area contributed by atoms with Gasteiger partial charge in [0.15, 0.2) is 0 Å². The Morgan fingerprint density at radius 1 is 1.35 bits per heavy atom. The van der Waals surface area contributed by atoms with Crippen molar-refractivity contribution < 1.29 is 4.74 Å². The first kappa shape index (κ1) is 15.6. The fourth-order valence-corrected chi connectivity index (χ4v) is 2.98. The number of nitrogens with zero attached hydrogens (tertiary/aromatic N) is 1. The van der Waals surface area contributed by atoms with Crippen molar-refractivity contribution in [2.24, 2.45) is 0 Å². The zero-order valence-electron chi connectivity index (χ0n) is 12.5. The summed E-state index contributed by atoms with van der Waals surface area (Å²) in [6, 6.07) is 6.21. The lowest BCUT2D eigenvalue weighted by Gasteiger charge is -2.34. The van der Waals surface area contributed by atoms with Gasteiger partial charge in [-0.25, -0.2) is 0 Å². The normalized spacial score (nSPS) is 16.6. The number of hydrogen-bond acceptors (Lipinski definition) is 3. The second-order valence-corrected chi connectivity index (χ2v) is 5.74. The first-order valence-corrected chi connectivity index (χ1v) is 7.90. The number of ether oxygens (including phenoxy) is 1. The third-order valence-corrected chi connectivity index (χ3v) is 4.29. The largest absolute Gasteiger partial charge is 0.381 e. The maximum Gasteiger partial charge on any atom is 0.0605 e. The van der Waals surface area contributed by atoms with Crippen LogP contribution in [-0.2, 0) is 11.3 Å². The van der Waals surface area contributed by atoms with Crippen molar-refractivity contribution in [2.45, 2.75) is 38.8 Å². The van der Waals surface area contributed by atoms with Crippen molar-refractivity contribution in [3.8, 4) is 0 Å². The fourth-order valence-electron chi connectivity index (χ4n) is 2.74. The van der Waals surface area contributed by atoms with Crippen LogP contribution in [0.15, 0.2) is 18.2 Å². The molecule has 1 aliphatic heterocycles. The molecular weight excluding hydrogens is 272 g/mol. The highest BCUT2D eigenvalue weighted by Gasteiger charge is 2.21. The van der Waals surface area contributed by atoms with Crippen LogP contribution in [0.2, 0.25) is 5.02 Å². The van der Waals surface area contributed by atoms with E-state index in [2.05, 4.69) is 23.2 Å². The molecule has 2 rings (SSSR count). The molecule has 1 saturated heterocycles. The van der Waals surface area contributed by atoms with Crippen molar-refractivity contribution in [1.29, 1.82) is 0 Å². The number of halogens is 1. The van der Waals surface area contributed by atoms with Gasteiger partial charge in [0.2, 0.25) is 0 Å². The van der Waals surface area contributed by atoms with Gasteiger partial charge in [-0.1, -0.05) is 24.6 Å². The van der Waals surface area contributed by atoms with Gasteiger partial charge in [-0.05, 0) is 37.9 Å². The van der Waals surface area contributed by atoms with E-state index in [1.807, 2.05) is 12.1 Å². The molecule has 0 bridgehead atoms. The lowest BCUT2D eigenvalue weighted by Crippen LogP contribution is -2.37. The molecule has 0 amide bonds. The van der Waals surface area contributed by atoms with Crippen molar-refractivity contribution in [3.63, 3.8) is 0 Å². The molecule has 1 aliphatic rings. The maximum absolute atomic E-state index is 6.39. The summed E-state index contributed by atoms with van der Waals surface area (Å²) in [7, 11) is 1.81. The third kappa shape index (κ3) is 3.87. The topological polar surface area (TPSA) is 24.5 Å². The minimum absolute atomic E-state index is 0.409. The number of methoxy groups -OCH3 is 1. The van der Waals surface area contributed by atoms with Crippen LogP contribution in [0.1, 0.15) is 31.7 Å². The average molecular weight is 297 g/mol. The molecule has 0 saturated carbocycles. The minimum Gasteiger partial charge on any atom is -0.381 e. The lowest BCUT2D eigenvalue weighted by molar-refractivity contribution is 0.0819. The highest BCUT2D eigenvalue weighted by atomic mass is 35.5. The van der Waals surface area contributed by atoms with Gasteiger partial charge >= 0.3 is 0 Å². The zero-order valence-corrected chi connectivity index (χ0v) is 13.2.